The van der Waals surface area contributed by atoms with Gasteiger partial charge in [0.15, 0.2) is 11.1 Å². The zero-order chi connectivity index (χ0) is 15.1. The van der Waals surface area contributed by atoms with Crippen LogP contribution < -0.4 is 11.2 Å². The van der Waals surface area contributed by atoms with Crippen molar-refractivity contribution in [1.29, 1.82) is 5.26 Å². The number of rotatable bonds is 1. The third-order valence-electron chi connectivity index (χ3n) is 3.49. The molecule has 3 rings (SSSR count). The fourth-order valence-corrected chi connectivity index (χ4v) is 2.26. The van der Waals surface area contributed by atoms with E-state index in [4.69, 9.17) is 15.4 Å². The molecule has 2 aromatic heterocycles. The molecule has 5 heteroatoms. The Kier molecular flexibility index (Phi) is 2.88. The Morgan fingerprint density at radius 2 is 2.05 bits per heavy atom. The first-order valence-electron chi connectivity index (χ1n) is 6.58. The number of nitrogens with zero attached hydrogens (tertiary/aromatic N) is 2. The van der Waals surface area contributed by atoms with E-state index in [0.717, 1.165) is 5.56 Å². The van der Waals surface area contributed by atoms with E-state index in [-0.39, 0.29) is 27.9 Å². The maximum absolute atomic E-state index is 12.6. The molecule has 0 aliphatic carbocycles. The van der Waals surface area contributed by atoms with Gasteiger partial charge in [0.05, 0.1) is 10.9 Å². The highest BCUT2D eigenvalue weighted by Gasteiger charge is 2.13. The number of nitrogens with two attached hydrogens (primary N) is 1. The number of nitrogen functional groups attached to an aromatic ring is 1. The van der Waals surface area contributed by atoms with Gasteiger partial charge in [-0.15, -0.1) is 0 Å². The number of pyridine rings is 1. The van der Waals surface area contributed by atoms with E-state index in [1.165, 1.54) is 6.07 Å². The Labute approximate surface area is 120 Å². The minimum absolute atomic E-state index is 0.0386. The fourth-order valence-electron chi connectivity index (χ4n) is 2.26. The van der Waals surface area contributed by atoms with Crippen molar-refractivity contribution in [2.75, 3.05) is 5.73 Å². The van der Waals surface area contributed by atoms with E-state index in [0.29, 0.717) is 16.9 Å². The number of hydrogen-bond acceptors (Lipinski definition) is 5. The van der Waals surface area contributed by atoms with Gasteiger partial charge in [-0.1, -0.05) is 19.9 Å². The Hall–Kier alpha value is -2.87. The second kappa shape index (κ2) is 4.60. The normalized spacial score (nSPS) is 11.1. The molecule has 0 saturated carbocycles. The van der Waals surface area contributed by atoms with Gasteiger partial charge in [0.1, 0.15) is 17.5 Å². The smallest absolute Gasteiger partial charge is 0.219 e. The van der Waals surface area contributed by atoms with Crippen LogP contribution >= 0.6 is 0 Å². The van der Waals surface area contributed by atoms with Crippen LogP contribution in [0.5, 0.6) is 0 Å². The summed E-state index contributed by atoms with van der Waals surface area (Å²) in [6.07, 6.45) is 0. The summed E-state index contributed by atoms with van der Waals surface area (Å²) in [7, 11) is 0. The summed E-state index contributed by atoms with van der Waals surface area (Å²) in [5.41, 5.74) is 7.60. The van der Waals surface area contributed by atoms with Gasteiger partial charge in [-0.25, -0.2) is 4.98 Å². The van der Waals surface area contributed by atoms with Crippen molar-refractivity contribution in [1.82, 2.24) is 4.98 Å². The molecule has 0 aliphatic heterocycles. The highest BCUT2D eigenvalue weighted by molar-refractivity contribution is 5.89. The molecule has 0 unspecified atom stereocenters. The molecule has 1 aromatic carbocycles. The second-order valence-electron chi connectivity index (χ2n) is 5.22. The largest absolute Gasteiger partial charge is 0.454 e. The molecule has 2 heterocycles. The van der Waals surface area contributed by atoms with Gasteiger partial charge >= 0.3 is 0 Å². The average molecular weight is 279 g/mol. The summed E-state index contributed by atoms with van der Waals surface area (Å²) < 4.78 is 5.69. The maximum atomic E-state index is 12.6. The van der Waals surface area contributed by atoms with Crippen LogP contribution in [0.25, 0.3) is 22.1 Å². The molecule has 0 bridgehead atoms. The molecule has 0 spiro atoms. The molecule has 5 nitrogen and oxygen atoms in total. The summed E-state index contributed by atoms with van der Waals surface area (Å²) >= 11 is 0. The van der Waals surface area contributed by atoms with Gasteiger partial charge < -0.3 is 10.2 Å². The summed E-state index contributed by atoms with van der Waals surface area (Å²) in [5.74, 6) is 0.347. The minimum Gasteiger partial charge on any atom is -0.454 e. The molecule has 0 aliphatic rings. The molecule has 0 amide bonds. The molecule has 0 radical (unpaired) electrons. The van der Waals surface area contributed by atoms with Gasteiger partial charge in [0.25, 0.3) is 0 Å². The second-order valence-corrected chi connectivity index (χ2v) is 5.22. The molecule has 0 saturated heterocycles. The van der Waals surface area contributed by atoms with Crippen LogP contribution in [0.4, 0.5) is 5.82 Å². The van der Waals surface area contributed by atoms with Gasteiger partial charge in [0, 0.05) is 6.07 Å². The predicted octanol–water partition coefficient (Wildman–Crippen LogP) is 2.92. The standard InChI is InChI=1S/C16H13N3O2/c1-8(2)9-3-4-12-11(5-9)15(20)14-13(21-12)6-10(7-17)16(18)19-14/h3-6,8H,1-2H3,(H2,18,19). The molecule has 0 atom stereocenters. The monoisotopic (exact) mass is 279 g/mol. The maximum Gasteiger partial charge on any atom is 0.219 e. The molecule has 104 valence electrons. The van der Waals surface area contributed by atoms with Crippen molar-refractivity contribution >= 4 is 27.9 Å². The molecule has 2 N–H and O–H groups in total. The number of benzene rings is 1. The lowest BCUT2D eigenvalue weighted by atomic mass is 10.0. The first-order valence-corrected chi connectivity index (χ1v) is 6.58. The van der Waals surface area contributed by atoms with Crippen molar-refractivity contribution < 1.29 is 4.42 Å². The van der Waals surface area contributed by atoms with E-state index >= 15 is 0 Å². The SMILES string of the molecule is CC(C)c1ccc2oc3cc(C#N)c(N)nc3c(=O)c2c1. The van der Waals surface area contributed by atoms with E-state index in [9.17, 15) is 4.79 Å². The van der Waals surface area contributed by atoms with Crippen LogP contribution in [0.1, 0.15) is 30.9 Å². The van der Waals surface area contributed by atoms with Crippen LogP contribution in [0, 0.1) is 11.3 Å². The zero-order valence-electron chi connectivity index (χ0n) is 11.7. The van der Waals surface area contributed by atoms with Crippen molar-refractivity contribution in [3.8, 4) is 6.07 Å². The number of fused-ring (bicyclic) bond motifs is 2. The van der Waals surface area contributed by atoms with Crippen LogP contribution in [-0.2, 0) is 0 Å². The molecule has 3 aromatic rings. The molecular weight excluding hydrogens is 266 g/mol. The molecular formula is C16H13N3O2. The zero-order valence-corrected chi connectivity index (χ0v) is 11.7. The van der Waals surface area contributed by atoms with E-state index < -0.39 is 0 Å². The van der Waals surface area contributed by atoms with Crippen molar-refractivity contribution in [2.45, 2.75) is 19.8 Å². The van der Waals surface area contributed by atoms with E-state index in [1.807, 2.05) is 18.2 Å². The van der Waals surface area contributed by atoms with Crippen LogP contribution in [-0.4, -0.2) is 4.98 Å². The Morgan fingerprint density at radius 1 is 1.29 bits per heavy atom. The van der Waals surface area contributed by atoms with Crippen LogP contribution in [0.3, 0.4) is 0 Å². The van der Waals surface area contributed by atoms with Crippen LogP contribution in [0.15, 0.2) is 33.5 Å². The Morgan fingerprint density at radius 3 is 2.71 bits per heavy atom. The third-order valence-corrected chi connectivity index (χ3v) is 3.49. The highest BCUT2D eigenvalue weighted by Crippen LogP contribution is 2.23. The number of hydrogen-bond donors (Lipinski definition) is 1. The van der Waals surface area contributed by atoms with Gasteiger partial charge in [-0.2, -0.15) is 5.26 Å². The third kappa shape index (κ3) is 2.01. The first kappa shape index (κ1) is 13.1. The lowest BCUT2D eigenvalue weighted by Gasteiger charge is -2.07. The summed E-state index contributed by atoms with van der Waals surface area (Å²) in [5, 5.41) is 9.45. The van der Waals surface area contributed by atoms with Crippen molar-refractivity contribution in [3.63, 3.8) is 0 Å². The topological polar surface area (TPSA) is 92.9 Å². The predicted molar refractivity (Wildman–Crippen MR) is 81.0 cm³/mol. The lowest BCUT2D eigenvalue weighted by Crippen LogP contribution is -2.07. The highest BCUT2D eigenvalue weighted by atomic mass is 16.3. The molecule has 0 fully saturated rings. The van der Waals surface area contributed by atoms with Gasteiger partial charge in [0.2, 0.25) is 5.43 Å². The first-order chi connectivity index (χ1) is 10.0. The van der Waals surface area contributed by atoms with E-state index in [2.05, 4.69) is 18.8 Å². The van der Waals surface area contributed by atoms with E-state index in [1.54, 1.807) is 6.07 Å². The fraction of sp³-hybridized carbons (Fsp3) is 0.188. The molecule has 21 heavy (non-hydrogen) atoms. The summed E-state index contributed by atoms with van der Waals surface area (Å²) in [6.45, 7) is 4.11. The number of anilines is 1. The van der Waals surface area contributed by atoms with Gasteiger partial charge in [-0.05, 0) is 23.6 Å². The van der Waals surface area contributed by atoms with Crippen molar-refractivity contribution in [2.24, 2.45) is 0 Å². The van der Waals surface area contributed by atoms with Crippen LogP contribution in [0.2, 0.25) is 0 Å². The van der Waals surface area contributed by atoms with Gasteiger partial charge in [-0.3, -0.25) is 4.79 Å². The number of aromatic nitrogens is 1. The number of nitriles is 1. The lowest BCUT2D eigenvalue weighted by molar-refractivity contribution is 0.657. The Bertz CT molecular complexity index is 965. The average Bonchev–Trinajstić information content (AvgIpc) is 2.47. The summed E-state index contributed by atoms with van der Waals surface area (Å²) in [4.78, 5) is 16.6. The Balaban J connectivity index is 2.44. The minimum atomic E-state index is -0.232. The quantitative estimate of drug-likeness (QED) is 0.691. The summed E-state index contributed by atoms with van der Waals surface area (Å²) in [6, 6.07) is 8.90. The van der Waals surface area contributed by atoms with Crippen molar-refractivity contribution in [3.05, 3.63) is 45.6 Å².